The highest BCUT2D eigenvalue weighted by Gasteiger charge is 2.19. The van der Waals surface area contributed by atoms with Gasteiger partial charge in [-0.1, -0.05) is 74.5 Å². The van der Waals surface area contributed by atoms with Gasteiger partial charge in [0.2, 0.25) is 0 Å². The number of benzene rings is 2. The van der Waals surface area contributed by atoms with Crippen molar-refractivity contribution in [2.45, 2.75) is 39.4 Å². The molecule has 2 nitrogen and oxygen atoms in total. The zero-order valence-corrected chi connectivity index (χ0v) is 13.8. The maximum Gasteiger partial charge on any atom is 0.0240 e. The molecular weight excluding hydrogens is 268 g/mol. The highest BCUT2D eigenvalue weighted by atomic mass is 15.2. The van der Waals surface area contributed by atoms with E-state index in [2.05, 4.69) is 79.4 Å². The first kappa shape index (κ1) is 16.7. The summed E-state index contributed by atoms with van der Waals surface area (Å²) in [7, 11) is 0. The lowest BCUT2D eigenvalue weighted by Gasteiger charge is -2.32. The summed E-state index contributed by atoms with van der Waals surface area (Å²) in [6, 6.07) is 21.8. The van der Waals surface area contributed by atoms with E-state index in [0.29, 0.717) is 18.5 Å². The summed E-state index contributed by atoms with van der Waals surface area (Å²) in [6.07, 6.45) is 1.14. The molecule has 0 saturated heterocycles. The molecule has 0 aliphatic carbocycles. The van der Waals surface area contributed by atoms with Gasteiger partial charge >= 0.3 is 0 Å². The Bertz CT molecular complexity index is 480. The van der Waals surface area contributed by atoms with Gasteiger partial charge in [-0.2, -0.15) is 0 Å². The first-order valence-electron chi connectivity index (χ1n) is 8.21. The number of rotatable bonds is 8. The predicted octanol–water partition coefficient (Wildman–Crippen LogP) is 4.06. The highest BCUT2D eigenvalue weighted by Crippen LogP contribution is 2.17. The van der Waals surface area contributed by atoms with Crippen LogP contribution in [0, 0.1) is 5.92 Å². The third-order valence-corrected chi connectivity index (χ3v) is 3.99. The summed E-state index contributed by atoms with van der Waals surface area (Å²) < 4.78 is 0. The van der Waals surface area contributed by atoms with Crippen molar-refractivity contribution >= 4 is 0 Å². The largest absolute Gasteiger partial charge is 0.329 e. The number of nitrogens with zero attached hydrogens (tertiary/aromatic N) is 1. The van der Waals surface area contributed by atoms with Crippen LogP contribution in [0.4, 0.5) is 0 Å². The molecule has 2 aromatic carbocycles. The molecule has 1 atom stereocenters. The van der Waals surface area contributed by atoms with Gasteiger partial charge < -0.3 is 5.73 Å². The molecule has 0 aliphatic heterocycles. The average Bonchev–Trinajstić information content (AvgIpc) is 2.54. The fraction of sp³-hybridized carbons (Fsp3) is 0.400. The van der Waals surface area contributed by atoms with Gasteiger partial charge in [0.25, 0.3) is 0 Å². The lowest BCUT2D eigenvalue weighted by Crippen LogP contribution is -2.40. The molecule has 0 heterocycles. The molecule has 0 amide bonds. The molecule has 1 unspecified atom stereocenters. The monoisotopic (exact) mass is 296 g/mol. The van der Waals surface area contributed by atoms with Crippen molar-refractivity contribution < 1.29 is 0 Å². The number of nitrogens with two attached hydrogens (primary N) is 1. The van der Waals surface area contributed by atoms with E-state index >= 15 is 0 Å². The Morgan fingerprint density at radius 2 is 1.27 bits per heavy atom. The van der Waals surface area contributed by atoms with Gasteiger partial charge in [0.1, 0.15) is 0 Å². The molecule has 2 N–H and O–H groups in total. The van der Waals surface area contributed by atoms with Crippen molar-refractivity contribution in [1.82, 2.24) is 4.90 Å². The number of hydrogen-bond acceptors (Lipinski definition) is 2. The molecule has 118 valence electrons. The number of hydrogen-bond donors (Lipinski definition) is 1. The van der Waals surface area contributed by atoms with E-state index in [-0.39, 0.29) is 0 Å². The fourth-order valence-electron chi connectivity index (χ4n) is 2.89. The van der Waals surface area contributed by atoms with Crippen LogP contribution in [0.1, 0.15) is 31.4 Å². The Balaban J connectivity index is 2.15. The molecule has 2 rings (SSSR count). The summed E-state index contributed by atoms with van der Waals surface area (Å²) in [5.41, 5.74) is 8.78. The second-order valence-corrected chi connectivity index (χ2v) is 6.40. The second-order valence-electron chi connectivity index (χ2n) is 6.40. The zero-order valence-electron chi connectivity index (χ0n) is 13.8. The Kier molecular flexibility index (Phi) is 6.63. The van der Waals surface area contributed by atoms with Crippen molar-refractivity contribution in [1.29, 1.82) is 0 Å². The van der Waals surface area contributed by atoms with E-state index in [0.717, 1.165) is 19.5 Å². The van der Waals surface area contributed by atoms with Gasteiger partial charge in [-0.15, -0.1) is 0 Å². The molecule has 0 aromatic heterocycles. The normalized spacial score (nSPS) is 12.8. The van der Waals surface area contributed by atoms with E-state index in [4.69, 9.17) is 5.73 Å². The first-order valence-corrected chi connectivity index (χ1v) is 8.21. The third kappa shape index (κ3) is 5.28. The minimum absolute atomic E-state index is 0.417. The quantitative estimate of drug-likeness (QED) is 0.796. The van der Waals surface area contributed by atoms with Crippen molar-refractivity contribution in [2.24, 2.45) is 11.7 Å². The molecule has 2 aromatic rings. The van der Waals surface area contributed by atoms with Gasteiger partial charge in [0.15, 0.2) is 0 Å². The molecule has 0 fully saturated rings. The van der Waals surface area contributed by atoms with Crippen LogP contribution in [0.15, 0.2) is 60.7 Å². The predicted molar refractivity (Wildman–Crippen MR) is 94.4 cm³/mol. The van der Waals surface area contributed by atoms with E-state index in [9.17, 15) is 0 Å². The molecular formula is C20H28N2. The summed E-state index contributed by atoms with van der Waals surface area (Å²) in [6.45, 7) is 7.14. The Hall–Kier alpha value is -1.64. The second kappa shape index (κ2) is 8.72. The fourth-order valence-corrected chi connectivity index (χ4v) is 2.89. The van der Waals surface area contributed by atoms with E-state index in [1.54, 1.807) is 0 Å². The van der Waals surface area contributed by atoms with Crippen LogP contribution in [0.5, 0.6) is 0 Å². The van der Waals surface area contributed by atoms with Crippen molar-refractivity contribution in [3.05, 3.63) is 71.8 Å². The third-order valence-electron chi connectivity index (χ3n) is 3.99. The van der Waals surface area contributed by atoms with Gasteiger partial charge in [0.05, 0.1) is 0 Å². The molecule has 0 radical (unpaired) electrons. The Morgan fingerprint density at radius 1 is 0.818 bits per heavy atom. The van der Waals surface area contributed by atoms with Crippen molar-refractivity contribution in [3.8, 4) is 0 Å². The lowest BCUT2D eigenvalue weighted by molar-refractivity contribution is 0.161. The van der Waals surface area contributed by atoms with Crippen LogP contribution in [0.3, 0.4) is 0 Å². The lowest BCUT2D eigenvalue weighted by atomic mass is 10.0. The molecule has 0 bridgehead atoms. The summed E-state index contributed by atoms with van der Waals surface area (Å²) in [5, 5.41) is 0. The SMILES string of the molecule is CC(C)CC(CN)N(Cc1ccccc1)Cc1ccccc1. The van der Waals surface area contributed by atoms with Crippen molar-refractivity contribution in [2.75, 3.05) is 6.54 Å². The molecule has 22 heavy (non-hydrogen) atoms. The maximum atomic E-state index is 6.09. The van der Waals surface area contributed by atoms with E-state index < -0.39 is 0 Å². The average molecular weight is 296 g/mol. The van der Waals surface area contributed by atoms with E-state index in [1.807, 2.05) is 0 Å². The summed E-state index contributed by atoms with van der Waals surface area (Å²) in [5.74, 6) is 0.655. The highest BCUT2D eigenvalue weighted by molar-refractivity contribution is 5.17. The summed E-state index contributed by atoms with van der Waals surface area (Å²) in [4.78, 5) is 2.52. The standard InChI is InChI=1S/C20H28N2/c1-17(2)13-20(14-21)22(15-18-9-5-3-6-10-18)16-19-11-7-4-8-12-19/h3-12,17,20H,13-16,21H2,1-2H3. The van der Waals surface area contributed by atoms with E-state index in [1.165, 1.54) is 11.1 Å². The Labute approximate surface area is 135 Å². The van der Waals surface area contributed by atoms with Crippen molar-refractivity contribution in [3.63, 3.8) is 0 Å². The van der Waals surface area contributed by atoms with Crippen LogP contribution in [-0.4, -0.2) is 17.5 Å². The minimum atomic E-state index is 0.417. The molecule has 0 saturated carbocycles. The molecule has 0 aliphatic rings. The zero-order chi connectivity index (χ0) is 15.8. The van der Waals surface area contributed by atoms with Gasteiger partial charge in [-0.05, 0) is 23.5 Å². The van der Waals surface area contributed by atoms with Crippen LogP contribution in [0.25, 0.3) is 0 Å². The Morgan fingerprint density at radius 3 is 1.64 bits per heavy atom. The minimum Gasteiger partial charge on any atom is -0.329 e. The van der Waals surface area contributed by atoms with Crippen LogP contribution < -0.4 is 5.73 Å². The maximum absolute atomic E-state index is 6.09. The van der Waals surface area contributed by atoms with Crippen LogP contribution in [0.2, 0.25) is 0 Å². The first-order chi connectivity index (χ1) is 10.7. The molecule has 0 spiro atoms. The summed E-state index contributed by atoms with van der Waals surface area (Å²) >= 11 is 0. The van der Waals surface area contributed by atoms with Gasteiger partial charge in [-0.3, -0.25) is 4.90 Å². The van der Waals surface area contributed by atoms with Gasteiger partial charge in [0, 0.05) is 25.7 Å². The van der Waals surface area contributed by atoms with Crippen LogP contribution in [-0.2, 0) is 13.1 Å². The van der Waals surface area contributed by atoms with Crippen LogP contribution >= 0.6 is 0 Å². The smallest absolute Gasteiger partial charge is 0.0240 e. The van der Waals surface area contributed by atoms with Gasteiger partial charge in [-0.25, -0.2) is 0 Å². The topological polar surface area (TPSA) is 29.3 Å². The molecule has 2 heteroatoms.